The molecule has 6 rings (SSSR count). The number of carbonyl (C=O) groups excluding carboxylic acids is 3. The van der Waals surface area contributed by atoms with E-state index in [4.69, 9.17) is 29.7 Å². The van der Waals surface area contributed by atoms with Gasteiger partial charge < -0.3 is 24.0 Å². The highest BCUT2D eigenvalue weighted by atomic mass is 32.1. The standard InChI is InChI=1S/C38H48N10O6S/c1-2-3-6-27(49)10-11-35(51)48-14-13-46(26-33(48)34(50)9-5-17-52-21-22-53-18-12-40-45-39)25-28-23-32-36(55-28)38(47-15-19-54-20-16-47)43-37(42-32)29-7-4-8-31-30(29)24-41-44-31/h3-4,6-8,23-24,33H,2,5,9-22,25-26H2,1H3,(H,41,44). The Labute approximate surface area is 323 Å². The number of aromatic amines is 1. The highest BCUT2D eigenvalue weighted by molar-refractivity contribution is 7.19. The molecule has 0 radical (unpaired) electrons. The number of morpholine rings is 1. The van der Waals surface area contributed by atoms with E-state index in [0.717, 1.165) is 56.9 Å². The van der Waals surface area contributed by atoms with Crippen LogP contribution in [0.3, 0.4) is 0 Å². The number of anilines is 1. The van der Waals surface area contributed by atoms with Crippen LogP contribution in [0.15, 0.2) is 47.7 Å². The van der Waals surface area contributed by atoms with Crippen molar-refractivity contribution in [2.45, 2.75) is 51.6 Å². The molecule has 5 heterocycles. The van der Waals surface area contributed by atoms with Crippen LogP contribution in [0.5, 0.6) is 0 Å². The molecular formula is C38H48N10O6S. The fraction of sp³-hybridized carbons (Fsp3) is 0.526. The number of piperazine rings is 1. The summed E-state index contributed by atoms with van der Waals surface area (Å²) in [5.41, 5.74) is 11.0. The van der Waals surface area contributed by atoms with E-state index >= 15 is 0 Å². The van der Waals surface area contributed by atoms with Gasteiger partial charge in [-0.05, 0) is 36.6 Å². The van der Waals surface area contributed by atoms with Crippen LogP contribution in [0.25, 0.3) is 43.0 Å². The second-order valence-corrected chi connectivity index (χ2v) is 14.5. The molecular weight excluding hydrogens is 725 g/mol. The predicted octanol–water partition coefficient (Wildman–Crippen LogP) is 5.09. The van der Waals surface area contributed by atoms with E-state index in [1.165, 1.54) is 6.08 Å². The van der Waals surface area contributed by atoms with Gasteiger partial charge in [-0.3, -0.25) is 24.4 Å². The summed E-state index contributed by atoms with van der Waals surface area (Å²) in [6.07, 6.45) is 6.80. The second kappa shape index (κ2) is 20.2. The number of hydrogen-bond acceptors (Lipinski definition) is 13. The molecule has 1 atom stereocenters. The van der Waals surface area contributed by atoms with Gasteiger partial charge >= 0.3 is 0 Å². The van der Waals surface area contributed by atoms with Crippen LogP contribution in [0, 0.1) is 0 Å². The molecule has 1 amide bonds. The Balaban J connectivity index is 1.16. The van der Waals surface area contributed by atoms with Crippen LogP contribution in [0.2, 0.25) is 0 Å². The van der Waals surface area contributed by atoms with Crippen molar-refractivity contribution < 1.29 is 28.6 Å². The van der Waals surface area contributed by atoms with Crippen molar-refractivity contribution in [3.63, 3.8) is 0 Å². The summed E-state index contributed by atoms with van der Waals surface area (Å²) < 4.78 is 17.7. The maximum atomic E-state index is 13.8. The molecule has 1 N–H and O–H groups in total. The summed E-state index contributed by atoms with van der Waals surface area (Å²) in [7, 11) is 0. The summed E-state index contributed by atoms with van der Waals surface area (Å²) >= 11 is 1.66. The summed E-state index contributed by atoms with van der Waals surface area (Å²) in [5.74, 6) is 1.21. The van der Waals surface area contributed by atoms with E-state index in [0.29, 0.717) is 78.1 Å². The van der Waals surface area contributed by atoms with Crippen molar-refractivity contribution in [3.05, 3.63) is 57.9 Å². The minimum atomic E-state index is -0.633. The van der Waals surface area contributed by atoms with Gasteiger partial charge in [-0.25, -0.2) is 9.97 Å². The van der Waals surface area contributed by atoms with Gasteiger partial charge in [0.15, 0.2) is 23.2 Å². The SMILES string of the molecule is CCC=CC(=O)CCC(=O)N1CCN(Cc2cc3nc(-c4cccc5[nH]ncc45)nc(N4CCOCC4)c3s2)CC1C(=O)CCCOCCOCCN=[N+]=[N-]. The number of ether oxygens (including phenoxy) is 3. The van der Waals surface area contributed by atoms with Crippen LogP contribution < -0.4 is 4.90 Å². The number of amides is 1. The van der Waals surface area contributed by atoms with Gasteiger partial charge in [0, 0.05) is 92.4 Å². The number of ketones is 2. The van der Waals surface area contributed by atoms with Crippen molar-refractivity contribution in [1.82, 2.24) is 30.0 Å². The first kappa shape index (κ1) is 39.9. The fourth-order valence-corrected chi connectivity index (χ4v) is 7.94. The summed E-state index contributed by atoms with van der Waals surface area (Å²) in [5, 5.41) is 11.7. The third-order valence-corrected chi connectivity index (χ3v) is 10.7. The molecule has 1 unspecified atom stereocenters. The number of carbonyl (C=O) groups is 3. The molecule has 2 aliphatic heterocycles. The Kier molecular flexibility index (Phi) is 14.7. The Morgan fingerprint density at radius 1 is 1.07 bits per heavy atom. The number of nitrogens with one attached hydrogen (secondary N) is 1. The molecule has 0 spiro atoms. The lowest BCUT2D eigenvalue weighted by molar-refractivity contribution is -0.143. The van der Waals surface area contributed by atoms with Gasteiger partial charge in [0.2, 0.25) is 5.91 Å². The van der Waals surface area contributed by atoms with E-state index in [9.17, 15) is 14.4 Å². The maximum absolute atomic E-state index is 13.8. The van der Waals surface area contributed by atoms with Crippen molar-refractivity contribution in [2.24, 2.45) is 5.11 Å². The molecule has 2 aliphatic rings. The highest BCUT2D eigenvalue weighted by Gasteiger charge is 2.35. The monoisotopic (exact) mass is 772 g/mol. The number of nitrogens with zero attached hydrogens (tertiary/aromatic N) is 9. The van der Waals surface area contributed by atoms with Gasteiger partial charge in [0.25, 0.3) is 0 Å². The Morgan fingerprint density at radius 3 is 2.73 bits per heavy atom. The quantitative estimate of drug-likeness (QED) is 0.0414. The third kappa shape index (κ3) is 10.7. The van der Waals surface area contributed by atoms with Crippen molar-refractivity contribution in [3.8, 4) is 11.4 Å². The van der Waals surface area contributed by atoms with Crippen molar-refractivity contribution in [1.29, 1.82) is 0 Å². The fourth-order valence-electron chi connectivity index (χ4n) is 6.79. The Morgan fingerprint density at radius 2 is 1.91 bits per heavy atom. The molecule has 1 aromatic carbocycles. The second-order valence-electron chi connectivity index (χ2n) is 13.4. The number of Topliss-reactive ketones (excluding diaryl/α,β-unsaturated/α-hetero) is 1. The van der Waals surface area contributed by atoms with Gasteiger partial charge in [0.1, 0.15) is 6.04 Å². The minimum absolute atomic E-state index is 0.0284. The number of H-pyrrole nitrogens is 1. The largest absolute Gasteiger partial charge is 0.379 e. The van der Waals surface area contributed by atoms with Crippen LogP contribution in [0.1, 0.15) is 43.9 Å². The van der Waals surface area contributed by atoms with Crippen molar-refractivity contribution in [2.75, 3.05) is 83.8 Å². The van der Waals surface area contributed by atoms with E-state index in [-0.39, 0.29) is 43.3 Å². The molecule has 0 aliphatic carbocycles. The molecule has 17 heteroatoms. The lowest BCUT2D eigenvalue weighted by Gasteiger charge is -2.40. The Bertz CT molecular complexity index is 2000. The smallest absolute Gasteiger partial charge is 0.223 e. The van der Waals surface area contributed by atoms with Crippen LogP contribution in [-0.2, 0) is 35.1 Å². The molecule has 2 saturated heterocycles. The highest BCUT2D eigenvalue weighted by Crippen LogP contribution is 2.36. The topological polar surface area (TPSA) is 192 Å². The van der Waals surface area contributed by atoms with E-state index in [2.05, 4.69) is 36.1 Å². The zero-order chi connectivity index (χ0) is 38.4. The lowest BCUT2D eigenvalue weighted by atomic mass is 10.0. The summed E-state index contributed by atoms with van der Waals surface area (Å²) in [6, 6.07) is 7.46. The zero-order valence-electron chi connectivity index (χ0n) is 31.2. The zero-order valence-corrected chi connectivity index (χ0v) is 32.0. The molecule has 0 saturated carbocycles. The average Bonchev–Trinajstić information content (AvgIpc) is 3.86. The lowest BCUT2D eigenvalue weighted by Crippen LogP contribution is -2.58. The molecule has 292 valence electrons. The first-order valence-corrected chi connectivity index (χ1v) is 19.7. The Hall–Kier alpha value is -4.77. The first-order chi connectivity index (χ1) is 26.9. The van der Waals surface area contributed by atoms with Crippen LogP contribution in [0.4, 0.5) is 5.82 Å². The number of hydrogen-bond donors (Lipinski definition) is 1. The molecule has 3 aromatic heterocycles. The van der Waals surface area contributed by atoms with Gasteiger partial charge in [0.05, 0.1) is 55.0 Å². The van der Waals surface area contributed by atoms with E-state index < -0.39 is 6.04 Å². The number of thiophene rings is 1. The predicted molar refractivity (Wildman–Crippen MR) is 210 cm³/mol. The summed E-state index contributed by atoms with van der Waals surface area (Å²) in [4.78, 5) is 59.7. The maximum Gasteiger partial charge on any atom is 0.223 e. The molecule has 16 nitrogen and oxygen atoms in total. The molecule has 55 heavy (non-hydrogen) atoms. The van der Waals surface area contributed by atoms with E-state index in [1.54, 1.807) is 28.5 Å². The van der Waals surface area contributed by atoms with Gasteiger partial charge in [-0.15, -0.1) is 11.3 Å². The number of rotatable bonds is 20. The van der Waals surface area contributed by atoms with Gasteiger partial charge in [-0.1, -0.05) is 30.2 Å². The van der Waals surface area contributed by atoms with Crippen molar-refractivity contribution >= 4 is 55.7 Å². The normalized spacial score (nSPS) is 16.6. The van der Waals surface area contributed by atoms with Gasteiger partial charge in [-0.2, -0.15) is 5.10 Å². The third-order valence-electron chi connectivity index (χ3n) is 9.58. The number of fused-ring (bicyclic) bond motifs is 2. The molecule has 4 aromatic rings. The first-order valence-electron chi connectivity index (χ1n) is 18.9. The minimum Gasteiger partial charge on any atom is -0.379 e. The van der Waals surface area contributed by atoms with Crippen LogP contribution in [-0.4, -0.2) is 132 Å². The number of azide groups is 1. The number of benzene rings is 1. The summed E-state index contributed by atoms with van der Waals surface area (Å²) in [6.45, 7) is 8.29. The average molecular weight is 773 g/mol. The molecule has 0 bridgehead atoms. The molecule has 2 fully saturated rings. The van der Waals surface area contributed by atoms with E-state index in [1.807, 2.05) is 25.1 Å². The van der Waals surface area contributed by atoms with Crippen LogP contribution >= 0.6 is 11.3 Å². The number of aromatic nitrogens is 4. The number of allylic oxidation sites excluding steroid dienone is 2.